The van der Waals surface area contributed by atoms with Gasteiger partial charge in [0.05, 0.1) is 23.5 Å². The number of aromatic nitrogens is 2. The van der Waals surface area contributed by atoms with Gasteiger partial charge in [-0.2, -0.15) is 0 Å². The lowest BCUT2D eigenvalue weighted by molar-refractivity contribution is -0.144. The highest BCUT2D eigenvalue weighted by Gasteiger charge is 2.41. The maximum absolute atomic E-state index is 14.9. The zero-order chi connectivity index (χ0) is 47.8. The van der Waals surface area contributed by atoms with Crippen molar-refractivity contribution >= 4 is 44.3 Å². The number of hydrogen-bond acceptors (Lipinski definition) is 10. The van der Waals surface area contributed by atoms with Crippen molar-refractivity contribution in [3.63, 3.8) is 0 Å². The Morgan fingerprint density at radius 3 is 2.51 bits per heavy atom. The molecule has 4 N–H and O–H groups in total. The average Bonchev–Trinajstić information content (AvgIpc) is 3.95. The van der Waals surface area contributed by atoms with E-state index >= 15 is 0 Å². The standard InChI is InChI=1S/C51H68N8O7S/c1-7-58-43-17-16-35-30-39(43)40(47(58)38-14-10-20-53-45(38)32(2)66-6)31-51(3,4)19-18-44(61)41-15-11-21-59(55-41)49(63)42(28-33-26-36(35)29-37(60)27-33)54-48(62)46(34-12-8-9-13-34)56(5)50(64)57-22-24-67(52,65)25-23-57/h10,14,16-17,20,26-27,29-30,32,34,41-42,46,52,55,60H,7-9,11-13,15,18-19,21-25,28,31H2,1-6H3,(H,54,62)/t32-,41-,42-,46-/m0/s1. The van der Waals surface area contributed by atoms with Crippen LogP contribution in [0.25, 0.3) is 33.3 Å². The number of urea groups is 1. The molecule has 360 valence electrons. The van der Waals surface area contributed by atoms with Crippen LogP contribution in [0.15, 0.2) is 54.7 Å². The molecule has 5 heterocycles. The summed E-state index contributed by atoms with van der Waals surface area (Å²) in [5, 5.41) is 17.0. The molecule has 3 fully saturated rings. The molecule has 0 unspecified atom stereocenters. The summed E-state index contributed by atoms with van der Waals surface area (Å²) in [5.41, 5.74) is 10.3. The normalized spacial score (nSPS) is 22.3. The van der Waals surface area contributed by atoms with E-state index in [4.69, 9.17) is 14.5 Å². The molecular weight excluding hydrogens is 869 g/mol. The van der Waals surface area contributed by atoms with Crippen molar-refractivity contribution in [1.82, 2.24) is 35.1 Å². The maximum atomic E-state index is 14.9. The number of hydrogen-bond donors (Lipinski definition) is 4. The zero-order valence-corrected chi connectivity index (χ0v) is 40.8. The number of fused-ring (bicyclic) bond motifs is 6. The maximum Gasteiger partial charge on any atom is 0.320 e. The summed E-state index contributed by atoms with van der Waals surface area (Å²) in [5.74, 6) is -0.806. The molecule has 2 saturated heterocycles. The van der Waals surface area contributed by atoms with Crippen LogP contribution in [-0.4, -0.2) is 121 Å². The van der Waals surface area contributed by atoms with Gasteiger partial charge in [-0.05, 0) is 122 Å². The van der Waals surface area contributed by atoms with E-state index in [9.17, 15) is 28.5 Å². The fraction of sp³-hybridized carbons (Fsp3) is 0.549. The number of carbonyl (C=O) groups excluding carboxylic acids is 4. The van der Waals surface area contributed by atoms with Crippen LogP contribution in [0.3, 0.4) is 0 Å². The number of ether oxygens (including phenoxy) is 1. The van der Waals surface area contributed by atoms with Crippen molar-refractivity contribution in [2.75, 3.05) is 45.3 Å². The molecule has 1 saturated carbocycles. The number of carbonyl (C=O) groups is 4. The van der Waals surface area contributed by atoms with Crippen molar-refractivity contribution < 1.29 is 33.2 Å². The molecule has 4 atom stereocenters. The van der Waals surface area contributed by atoms with E-state index in [2.05, 4.69) is 60.3 Å². The summed E-state index contributed by atoms with van der Waals surface area (Å²) in [7, 11) is 0.557. The van der Waals surface area contributed by atoms with Crippen LogP contribution in [0.4, 0.5) is 4.79 Å². The van der Waals surface area contributed by atoms with Gasteiger partial charge in [0, 0.05) is 97.1 Å². The number of likely N-dealkylation sites (N-methyl/N-ethyl adjacent to an activating group) is 1. The Morgan fingerprint density at radius 2 is 1.79 bits per heavy atom. The van der Waals surface area contributed by atoms with Crippen molar-refractivity contribution in [3.05, 3.63) is 71.5 Å². The molecule has 16 heteroatoms. The minimum Gasteiger partial charge on any atom is -0.508 e. The molecule has 15 nitrogen and oxygen atoms in total. The summed E-state index contributed by atoms with van der Waals surface area (Å²) in [6.45, 7) is 9.91. The van der Waals surface area contributed by atoms with E-state index in [0.29, 0.717) is 50.8 Å². The van der Waals surface area contributed by atoms with E-state index in [-0.39, 0.29) is 66.0 Å². The first kappa shape index (κ1) is 48.1. The monoisotopic (exact) mass is 936 g/mol. The number of methoxy groups -OCH3 is 1. The number of nitrogens with one attached hydrogen (secondary N) is 3. The van der Waals surface area contributed by atoms with E-state index in [0.717, 1.165) is 70.2 Å². The zero-order valence-electron chi connectivity index (χ0n) is 39.9. The molecular formula is C51H68N8O7S. The van der Waals surface area contributed by atoms with Crippen LogP contribution >= 0.6 is 0 Å². The number of phenolic OH excluding ortho intramolecular Hbond substituents is 1. The van der Waals surface area contributed by atoms with Crippen LogP contribution in [0, 0.1) is 16.1 Å². The molecule has 4 aromatic rings. The SMILES string of the molecule is CCn1c(-c2cccnc2[C@H](C)OC)c2c3cc(ccc31)-c1cc(O)cc(c1)C[C@H](NC(=O)[C@H](C1CCCC1)N(C)C(=O)N1CCS(=N)(=O)CC1)C(=O)N1CCC[C@H](N1)C(=O)CCC(C)(C)C2. The molecule has 6 bridgehead atoms. The lowest BCUT2D eigenvalue weighted by Gasteiger charge is -2.39. The quantitative estimate of drug-likeness (QED) is 0.141. The third-order valence-electron chi connectivity index (χ3n) is 14.7. The van der Waals surface area contributed by atoms with Gasteiger partial charge in [0.1, 0.15) is 17.8 Å². The molecule has 4 aliphatic rings. The van der Waals surface area contributed by atoms with Crippen molar-refractivity contribution in [1.29, 1.82) is 4.78 Å². The second kappa shape index (κ2) is 19.7. The number of nitrogens with zero attached hydrogens (tertiary/aromatic N) is 5. The predicted molar refractivity (Wildman–Crippen MR) is 260 cm³/mol. The lowest BCUT2D eigenvalue weighted by Crippen LogP contribution is -2.62. The first-order valence-electron chi connectivity index (χ1n) is 24.1. The number of aromatic hydroxyl groups is 1. The van der Waals surface area contributed by atoms with Crippen molar-refractivity contribution in [2.45, 2.75) is 123 Å². The number of rotatable bonds is 8. The fourth-order valence-corrected chi connectivity index (χ4v) is 12.2. The van der Waals surface area contributed by atoms with Gasteiger partial charge in [0.2, 0.25) is 5.91 Å². The highest BCUT2D eigenvalue weighted by molar-refractivity contribution is 7.92. The van der Waals surface area contributed by atoms with Crippen LogP contribution < -0.4 is 10.7 Å². The number of Topliss-reactive ketones (excluding diaryl/α,β-unsaturated/α-hetero) is 1. The Balaban J connectivity index is 1.21. The number of pyridine rings is 1. The van der Waals surface area contributed by atoms with Gasteiger partial charge < -0.3 is 29.5 Å². The number of phenols is 1. The van der Waals surface area contributed by atoms with Crippen LogP contribution in [-0.2, 0) is 48.2 Å². The second-order valence-electron chi connectivity index (χ2n) is 20.0. The van der Waals surface area contributed by atoms with Gasteiger partial charge in [0.15, 0.2) is 5.78 Å². The Hall–Kier alpha value is -5.32. The van der Waals surface area contributed by atoms with E-state index in [1.165, 1.54) is 9.91 Å². The average molecular weight is 937 g/mol. The van der Waals surface area contributed by atoms with E-state index < -0.39 is 39.7 Å². The Kier molecular flexibility index (Phi) is 14.2. The summed E-state index contributed by atoms with van der Waals surface area (Å²) >= 11 is 0. The molecule has 2 aromatic carbocycles. The Bertz CT molecular complexity index is 2630. The summed E-state index contributed by atoms with van der Waals surface area (Å²) in [4.78, 5) is 65.7. The van der Waals surface area contributed by atoms with Gasteiger partial charge in [-0.1, -0.05) is 38.8 Å². The lowest BCUT2D eigenvalue weighted by atomic mass is 9.79. The van der Waals surface area contributed by atoms with E-state index in [1.807, 2.05) is 19.1 Å². The number of aryl methyl sites for hydroxylation is 1. The number of benzene rings is 2. The summed E-state index contributed by atoms with van der Waals surface area (Å²) in [6, 6.07) is 12.7. The minimum absolute atomic E-state index is 0.00956. The van der Waals surface area contributed by atoms with Gasteiger partial charge in [-0.3, -0.25) is 29.2 Å². The van der Waals surface area contributed by atoms with Gasteiger partial charge in [-0.25, -0.2) is 14.4 Å². The largest absolute Gasteiger partial charge is 0.508 e. The predicted octanol–water partition coefficient (Wildman–Crippen LogP) is 7.23. The van der Waals surface area contributed by atoms with Gasteiger partial charge in [0.25, 0.3) is 5.91 Å². The van der Waals surface area contributed by atoms with Crippen molar-refractivity contribution in [2.24, 2.45) is 11.3 Å². The highest BCUT2D eigenvalue weighted by Crippen LogP contribution is 2.43. The number of ketones is 1. The molecule has 67 heavy (non-hydrogen) atoms. The molecule has 2 aromatic heterocycles. The molecule has 0 radical (unpaired) electrons. The van der Waals surface area contributed by atoms with Crippen LogP contribution in [0.5, 0.6) is 5.75 Å². The second-order valence-corrected chi connectivity index (χ2v) is 22.4. The van der Waals surface area contributed by atoms with Crippen LogP contribution in [0.2, 0.25) is 0 Å². The van der Waals surface area contributed by atoms with Crippen molar-refractivity contribution in [3.8, 4) is 28.1 Å². The minimum atomic E-state index is -2.75. The smallest absolute Gasteiger partial charge is 0.320 e. The third kappa shape index (κ3) is 10.3. The van der Waals surface area contributed by atoms with E-state index in [1.54, 1.807) is 37.4 Å². The number of hydrazine groups is 1. The summed E-state index contributed by atoms with van der Waals surface area (Å²) in [6.07, 6.45) is 7.60. The molecule has 0 spiro atoms. The highest BCUT2D eigenvalue weighted by atomic mass is 32.2. The topological polar surface area (TPSA) is 190 Å². The summed E-state index contributed by atoms with van der Waals surface area (Å²) < 4.78 is 28.7. The Labute approximate surface area is 394 Å². The Morgan fingerprint density at radius 1 is 1.04 bits per heavy atom. The first-order valence-corrected chi connectivity index (χ1v) is 26.0. The first-order chi connectivity index (χ1) is 32.0. The van der Waals surface area contributed by atoms with Gasteiger partial charge in [-0.15, -0.1) is 0 Å². The molecule has 8 rings (SSSR count). The molecule has 3 aliphatic heterocycles. The number of amides is 4. The molecule has 1 aliphatic carbocycles. The fourth-order valence-electron chi connectivity index (χ4n) is 10.9. The van der Waals surface area contributed by atoms with Gasteiger partial charge >= 0.3 is 6.03 Å². The third-order valence-corrected chi connectivity index (χ3v) is 16.4. The van der Waals surface area contributed by atoms with Crippen LogP contribution in [0.1, 0.15) is 102 Å². The molecule has 4 amide bonds.